The summed E-state index contributed by atoms with van der Waals surface area (Å²) < 4.78 is 18.6. The van der Waals surface area contributed by atoms with Crippen LogP contribution in [0.1, 0.15) is 44.5 Å². The molecule has 10 heteroatoms. The van der Waals surface area contributed by atoms with E-state index in [0.717, 1.165) is 10.9 Å². The summed E-state index contributed by atoms with van der Waals surface area (Å²) in [5, 5.41) is 4.95. The summed E-state index contributed by atoms with van der Waals surface area (Å²) >= 11 is 6.88. The number of ether oxygens (including phenoxy) is 3. The summed E-state index contributed by atoms with van der Waals surface area (Å²) in [5.41, 5.74) is 1.02. The SMILES string of the molecule is CC[C@@H](C)c1nc2ccc(Br)cc2c(=O)n1N=Cc1cc(Br)c(O[C@H](C)C(=O)OC)c(OC)c1. The van der Waals surface area contributed by atoms with Crippen molar-refractivity contribution in [3.05, 3.63) is 61.0 Å². The average molecular weight is 595 g/mol. The standard InChI is InChI=1S/C24H25Br2N3O5/c1-6-13(2)22-28-19-8-7-16(25)11-17(19)23(30)29(22)27-12-15-9-18(26)21(20(10-15)32-4)34-14(3)24(31)33-5/h7-14H,6H2,1-5H3/t13-,14-/m1/s1. The van der Waals surface area contributed by atoms with Crippen molar-refractivity contribution in [1.29, 1.82) is 0 Å². The molecular formula is C24H25Br2N3O5. The highest BCUT2D eigenvalue weighted by Crippen LogP contribution is 2.37. The lowest BCUT2D eigenvalue weighted by atomic mass is 10.1. The highest BCUT2D eigenvalue weighted by Gasteiger charge is 2.20. The summed E-state index contributed by atoms with van der Waals surface area (Å²) in [7, 11) is 2.79. The third kappa shape index (κ3) is 5.50. The van der Waals surface area contributed by atoms with E-state index in [1.54, 1.807) is 31.3 Å². The molecule has 1 aromatic heterocycles. The third-order valence-corrected chi connectivity index (χ3v) is 6.37. The molecule has 34 heavy (non-hydrogen) atoms. The Balaban J connectivity index is 2.07. The second kappa shape index (κ2) is 11.1. The number of halogens is 2. The maximum Gasteiger partial charge on any atom is 0.346 e. The number of hydrogen-bond donors (Lipinski definition) is 0. The van der Waals surface area contributed by atoms with Gasteiger partial charge >= 0.3 is 5.97 Å². The molecule has 2 aromatic carbocycles. The summed E-state index contributed by atoms with van der Waals surface area (Å²) in [5.74, 6) is 0.840. The fourth-order valence-electron chi connectivity index (χ4n) is 3.22. The first-order valence-corrected chi connectivity index (χ1v) is 12.2. The van der Waals surface area contributed by atoms with Crippen molar-refractivity contribution in [1.82, 2.24) is 9.66 Å². The molecule has 0 saturated carbocycles. The normalized spacial score (nSPS) is 13.1. The van der Waals surface area contributed by atoms with E-state index in [4.69, 9.17) is 19.2 Å². The second-order valence-corrected chi connectivity index (χ2v) is 9.39. The van der Waals surface area contributed by atoms with Crippen LogP contribution in [0.5, 0.6) is 11.5 Å². The van der Waals surface area contributed by atoms with Gasteiger partial charge in [-0.1, -0.05) is 29.8 Å². The zero-order valence-electron chi connectivity index (χ0n) is 19.5. The van der Waals surface area contributed by atoms with Crippen LogP contribution in [0.2, 0.25) is 0 Å². The third-order valence-electron chi connectivity index (χ3n) is 5.29. The van der Waals surface area contributed by atoms with Gasteiger partial charge < -0.3 is 14.2 Å². The molecule has 0 N–H and O–H groups in total. The van der Waals surface area contributed by atoms with Crippen LogP contribution < -0.4 is 15.0 Å². The van der Waals surface area contributed by atoms with Gasteiger partial charge in [0.05, 0.1) is 35.8 Å². The van der Waals surface area contributed by atoms with E-state index in [0.29, 0.717) is 38.3 Å². The van der Waals surface area contributed by atoms with Gasteiger partial charge in [0.15, 0.2) is 17.6 Å². The average Bonchev–Trinajstić information content (AvgIpc) is 2.83. The molecule has 0 fully saturated rings. The van der Waals surface area contributed by atoms with E-state index >= 15 is 0 Å². The summed E-state index contributed by atoms with van der Waals surface area (Å²) in [6.45, 7) is 5.63. The van der Waals surface area contributed by atoms with Gasteiger partial charge in [-0.3, -0.25) is 4.79 Å². The van der Waals surface area contributed by atoms with Gasteiger partial charge in [0.1, 0.15) is 5.82 Å². The molecule has 0 amide bonds. The van der Waals surface area contributed by atoms with Gasteiger partial charge in [-0.2, -0.15) is 9.78 Å². The van der Waals surface area contributed by atoms with Crippen molar-refractivity contribution >= 4 is 54.9 Å². The molecular weight excluding hydrogens is 570 g/mol. The molecule has 0 aliphatic rings. The Bertz CT molecular complexity index is 1310. The van der Waals surface area contributed by atoms with Gasteiger partial charge in [-0.15, -0.1) is 0 Å². The van der Waals surface area contributed by atoms with Crippen molar-refractivity contribution in [3.63, 3.8) is 0 Å². The quantitative estimate of drug-likeness (QED) is 0.261. The van der Waals surface area contributed by atoms with Gasteiger partial charge in [0.25, 0.3) is 5.56 Å². The first-order chi connectivity index (χ1) is 16.2. The molecule has 0 aliphatic heterocycles. The maximum atomic E-state index is 13.3. The van der Waals surface area contributed by atoms with Crippen LogP contribution >= 0.6 is 31.9 Å². The molecule has 1 heterocycles. The van der Waals surface area contributed by atoms with E-state index in [1.165, 1.54) is 18.9 Å². The summed E-state index contributed by atoms with van der Waals surface area (Å²) in [4.78, 5) is 29.8. The fraction of sp³-hybridized carbons (Fsp3) is 0.333. The topological polar surface area (TPSA) is 92.0 Å². The highest BCUT2D eigenvalue weighted by atomic mass is 79.9. The van der Waals surface area contributed by atoms with E-state index in [1.807, 2.05) is 26.0 Å². The number of fused-ring (bicyclic) bond motifs is 1. The van der Waals surface area contributed by atoms with Gasteiger partial charge in [0.2, 0.25) is 0 Å². The number of carbonyl (C=O) groups is 1. The molecule has 0 unspecified atom stereocenters. The van der Waals surface area contributed by atoms with Crippen LogP contribution in [0.3, 0.4) is 0 Å². The largest absolute Gasteiger partial charge is 0.493 e. The van der Waals surface area contributed by atoms with Crippen LogP contribution in [0.25, 0.3) is 10.9 Å². The van der Waals surface area contributed by atoms with Crippen LogP contribution in [0.15, 0.2) is 49.2 Å². The van der Waals surface area contributed by atoms with Crippen LogP contribution in [0.4, 0.5) is 0 Å². The molecule has 8 nitrogen and oxygen atoms in total. The Hall–Kier alpha value is -2.72. The van der Waals surface area contributed by atoms with E-state index in [2.05, 4.69) is 37.0 Å². The number of aromatic nitrogens is 2. The van der Waals surface area contributed by atoms with Crippen LogP contribution in [-0.4, -0.2) is 42.2 Å². The smallest absolute Gasteiger partial charge is 0.346 e. The minimum absolute atomic E-state index is 0.0229. The number of methoxy groups -OCH3 is 2. The Morgan fingerprint density at radius 2 is 1.94 bits per heavy atom. The molecule has 0 spiro atoms. The van der Waals surface area contributed by atoms with E-state index in [-0.39, 0.29) is 11.5 Å². The van der Waals surface area contributed by atoms with Gasteiger partial charge in [-0.05, 0) is 65.2 Å². The van der Waals surface area contributed by atoms with Gasteiger partial charge in [0, 0.05) is 10.4 Å². The Morgan fingerprint density at radius 3 is 2.59 bits per heavy atom. The molecule has 180 valence electrons. The minimum Gasteiger partial charge on any atom is -0.493 e. The monoisotopic (exact) mass is 593 g/mol. The molecule has 3 rings (SSSR count). The van der Waals surface area contributed by atoms with Crippen molar-refractivity contribution in [2.45, 2.75) is 39.2 Å². The van der Waals surface area contributed by atoms with Crippen LogP contribution in [-0.2, 0) is 9.53 Å². The zero-order chi connectivity index (χ0) is 25.0. The zero-order valence-corrected chi connectivity index (χ0v) is 22.6. The number of benzene rings is 2. The van der Waals surface area contributed by atoms with Crippen molar-refractivity contribution in [2.24, 2.45) is 5.10 Å². The number of esters is 1. The number of carbonyl (C=O) groups excluding carboxylic acids is 1. The lowest BCUT2D eigenvalue weighted by molar-refractivity contribution is -0.147. The van der Waals surface area contributed by atoms with E-state index in [9.17, 15) is 9.59 Å². The fourth-order valence-corrected chi connectivity index (χ4v) is 4.14. The Kier molecular flexibility index (Phi) is 8.48. The molecule has 0 aliphatic carbocycles. The molecule has 2 atom stereocenters. The number of hydrogen-bond acceptors (Lipinski definition) is 7. The maximum absolute atomic E-state index is 13.3. The Morgan fingerprint density at radius 1 is 1.21 bits per heavy atom. The summed E-state index contributed by atoms with van der Waals surface area (Å²) in [6.07, 6.45) is 1.53. The molecule has 3 aromatic rings. The second-order valence-electron chi connectivity index (χ2n) is 7.62. The van der Waals surface area contributed by atoms with Gasteiger partial charge in [-0.25, -0.2) is 9.78 Å². The van der Waals surface area contributed by atoms with Crippen molar-refractivity contribution in [3.8, 4) is 11.5 Å². The minimum atomic E-state index is -0.825. The lowest BCUT2D eigenvalue weighted by Crippen LogP contribution is -2.25. The molecule has 0 bridgehead atoms. The first kappa shape index (κ1) is 25.9. The predicted octanol–water partition coefficient (Wildman–Crippen LogP) is 5.27. The molecule has 0 radical (unpaired) electrons. The molecule has 0 saturated heterocycles. The highest BCUT2D eigenvalue weighted by molar-refractivity contribution is 9.10. The summed E-state index contributed by atoms with van der Waals surface area (Å²) in [6, 6.07) is 8.87. The first-order valence-electron chi connectivity index (χ1n) is 10.6. The van der Waals surface area contributed by atoms with E-state index < -0.39 is 12.1 Å². The lowest BCUT2D eigenvalue weighted by Gasteiger charge is -2.17. The number of nitrogens with zero attached hydrogens (tertiary/aromatic N) is 3. The van der Waals surface area contributed by atoms with Crippen molar-refractivity contribution < 1.29 is 19.0 Å². The number of rotatable bonds is 8. The Labute approximate surface area is 214 Å². The predicted molar refractivity (Wildman–Crippen MR) is 138 cm³/mol. The van der Waals surface area contributed by atoms with Crippen LogP contribution in [0, 0.1) is 0 Å². The van der Waals surface area contributed by atoms with Crippen molar-refractivity contribution in [2.75, 3.05) is 14.2 Å².